The third kappa shape index (κ3) is 5.77. The highest BCUT2D eigenvalue weighted by Crippen LogP contribution is 2.24. The quantitative estimate of drug-likeness (QED) is 0.435. The smallest absolute Gasteiger partial charge is 0.102 e. The molecule has 0 aliphatic carbocycles. The van der Waals surface area contributed by atoms with Crippen LogP contribution in [-0.2, 0) is 0 Å². The van der Waals surface area contributed by atoms with Crippen molar-refractivity contribution in [3.05, 3.63) is 11.0 Å². The van der Waals surface area contributed by atoms with Gasteiger partial charge in [-0.2, -0.15) is 0 Å². The Bertz CT molecular complexity index is 188. The van der Waals surface area contributed by atoms with Crippen molar-refractivity contribution in [1.82, 2.24) is 0 Å². The summed E-state index contributed by atoms with van der Waals surface area (Å²) < 4.78 is 0. The van der Waals surface area contributed by atoms with Crippen LogP contribution in [0.25, 0.3) is 0 Å². The Labute approximate surface area is 104 Å². The van der Waals surface area contributed by atoms with Gasteiger partial charge in [-0.25, -0.2) is 0 Å². The maximum atomic E-state index is 2.37. The fraction of sp³-hybridized carbons (Fsp3) is 0.867. The minimum absolute atomic E-state index is 0.876. The van der Waals surface area contributed by atoms with E-state index in [1.165, 1.54) is 51.2 Å². The Balaban J connectivity index is 4.73. The molecule has 0 spiro atoms. The highest BCUT2D eigenvalue weighted by molar-refractivity contribution is 6.66. The van der Waals surface area contributed by atoms with Gasteiger partial charge in [-0.15, -0.1) is 5.47 Å². The van der Waals surface area contributed by atoms with Crippen LogP contribution in [0.3, 0.4) is 0 Å². The van der Waals surface area contributed by atoms with Crippen molar-refractivity contribution in [2.45, 2.75) is 85.8 Å². The Morgan fingerprint density at radius 1 is 0.750 bits per heavy atom. The highest BCUT2D eigenvalue weighted by atomic mass is 14.0. The first kappa shape index (κ1) is 15.8. The zero-order chi connectivity index (χ0) is 12.4. The standard InChI is InChI=1S/C15H31B/c1-6-10-14(5)15(11-7-2)16(12-8-3)13-9-4/h6-13H2,1-5H3. The van der Waals surface area contributed by atoms with Crippen molar-refractivity contribution in [3.63, 3.8) is 0 Å². The van der Waals surface area contributed by atoms with E-state index >= 15 is 0 Å². The van der Waals surface area contributed by atoms with Gasteiger partial charge in [-0.1, -0.05) is 71.6 Å². The molecule has 0 fully saturated rings. The van der Waals surface area contributed by atoms with E-state index in [9.17, 15) is 0 Å². The molecule has 16 heavy (non-hydrogen) atoms. The predicted octanol–water partition coefficient (Wildman–Crippen LogP) is 5.76. The van der Waals surface area contributed by atoms with E-state index in [4.69, 9.17) is 0 Å². The number of hydrogen-bond donors (Lipinski definition) is 0. The summed E-state index contributed by atoms with van der Waals surface area (Å²) in [6, 6.07) is 0. The van der Waals surface area contributed by atoms with Crippen LogP contribution >= 0.6 is 0 Å². The van der Waals surface area contributed by atoms with Gasteiger partial charge in [0.1, 0.15) is 0 Å². The van der Waals surface area contributed by atoms with Gasteiger partial charge in [0, 0.05) is 0 Å². The molecule has 0 N–H and O–H groups in total. The van der Waals surface area contributed by atoms with E-state index in [-0.39, 0.29) is 0 Å². The molecule has 0 bridgehead atoms. The molecule has 1 heteroatoms. The summed E-state index contributed by atoms with van der Waals surface area (Å²) in [6.45, 7) is 12.5. The lowest BCUT2D eigenvalue weighted by atomic mass is 9.38. The lowest BCUT2D eigenvalue weighted by Gasteiger charge is -2.19. The molecule has 0 rings (SSSR count). The summed E-state index contributed by atoms with van der Waals surface area (Å²) in [5.74, 6) is 0. The number of hydrogen-bond acceptors (Lipinski definition) is 0. The van der Waals surface area contributed by atoms with Crippen LogP contribution in [0.1, 0.15) is 73.1 Å². The van der Waals surface area contributed by atoms with Gasteiger partial charge in [0.2, 0.25) is 0 Å². The van der Waals surface area contributed by atoms with E-state index in [0.717, 1.165) is 6.71 Å². The van der Waals surface area contributed by atoms with Crippen molar-refractivity contribution in [1.29, 1.82) is 0 Å². The van der Waals surface area contributed by atoms with Crippen molar-refractivity contribution >= 4 is 6.71 Å². The first-order valence-electron chi connectivity index (χ1n) is 7.39. The van der Waals surface area contributed by atoms with Crippen LogP contribution in [0.2, 0.25) is 12.6 Å². The zero-order valence-corrected chi connectivity index (χ0v) is 12.2. The van der Waals surface area contributed by atoms with Crippen molar-refractivity contribution in [3.8, 4) is 0 Å². The maximum Gasteiger partial charge on any atom is 0.170 e. The second-order valence-corrected chi connectivity index (χ2v) is 5.08. The van der Waals surface area contributed by atoms with Gasteiger partial charge in [0.15, 0.2) is 6.71 Å². The molecule has 0 nitrogen and oxygen atoms in total. The molecule has 0 heterocycles. The lowest BCUT2D eigenvalue weighted by molar-refractivity contribution is 0.855. The molecule has 0 aromatic carbocycles. The van der Waals surface area contributed by atoms with Crippen LogP contribution in [0.15, 0.2) is 11.0 Å². The SMILES string of the molecule is CCCB(CCC)C(CCC)=C(C)CCC. The molecular formula is C15H31B. The molecule has 0 saturated heterocycles. The molecule has 0 aliphatic rings. The Morgan fingerprint density at radius 2 is 1.25 bits per heavy atom. The summed E-state index contributed by atoms with van der Waals surface area (Å²) in [7, 11) is 0. The Kier molecular flexibility index (Phi) is 9.87. The molecule has 0 radical (unpaired) electrons. The molecule has 0 atom stereocenters. The highest BCUT2D eigenvalue weighted by Gasteiger charge is 2.18. The summed E-state index contributed by atoms with van der Waals surface area (Å²) in [4.78, 5) is 0. The van der Waals surface area contributed by atoms with E-state index < -0.39 is 0 Å². The van der Waals surface area contributed by atoms with Gasteiger partial charge < -0.3 is 0 Å². The second kappa shape index (κ2) is 9.99. The molecule has 94 valence electrons. The third-order valence-corrected chi connectivity index (χ3v) is 3.46. The normalized spacial score (nSPS) is 12.6. The summed E-state index contributed by atoms with van der Waals surface area (Å²) in [5, 5.41) is 0. The van der Waals surface area contributed by atoms with Gasteiger partial charge in [0.25, 0.3) is 0 Å². The van der Waals surface area contributed by atoms with Gasteiger partial charge in [-0.05, 0) is 19.8 Å². The zero-order valence-electron chi connectivity index (χ0n) is 12.2. The molecular weight excluding hydrogens is 191 g/mol. The predicted molar refractivity (Wildman–Crippen MR) is 78.5 cm³/mol. The Morgan fingerprint density at radius 3 is 1.62 bits per heavy atom. The third-order valence-electron chi connectivity index (χ3n) is 3.46. The largest absolute Gasteiger partial charge is 0.170 e. The summed E-state index contributed by atoms with van der Waals surface area (Å²) in [5.41, 5.74) is 3.49. The molecule has 0 unspecified atom stereocenters. The van der Waals surface area contributed by atoms with Crippen LogP contribution in [-0.4, -0.2) is 6.71 Å². The minimum atomic E-state index is 0.876. The average Bonchev–Trinajstić information content (AvgIpc) is 2.26. The van der Waals surface area contributed by atoms with E-state index in [0.29, 0.717) is 0 Å². The van der Waals surface area contributed by atoms with E-state index in [2.05, 4.69) is 34.6 Å². The monoisotopic (exact) mass is 222 g/mol. The van der Waals surface area contributed by atoms with Gasteiger partial charge in [0.05, 0.1) is 0 Å². The van der Waals surface area contributed by atoms with Crippen molar-refractivity contribution in [2.24, 2.45) is 0 Å². The molecule has 0 aromatic heterocycles. The topological polar surface area (TPSA) is 0 Å². The van der Waals surface area contributed by atoms with Crippen LogP contribution in [0.4, 0.5) is 0 Å². The van der Waals surface area contributed by atoms with Crippen molar-refractivity contribution < 1.29 is 0 Å². The maximum absolute atomic E-state index is 2.37. The second-order valence-electron chi connectivity index (χ2n) is 5.08. The Hall–Kier alpha value is -0.195. The fourth-order valence-electron chi connectivity index (χ4n) is 2.76. The summed E-state index contributed by atoms with van der Waals surface area (Å²) >= 11 is 0. The van der Waals surface area contributed by atoms with E-state index in [1.807, 2.05) is 0 Å². The molecule has 0 saturated carbocycles. The lowest BCUT2D eigenvalue weighted by Crippen LogP contribution is -2.17. The molecule has 0 aliphatic heterocycles. The van der Waals surface area contributed by atoms with Gasteiger partial charge >= 0.3 is 0 Å². The van der Waals surface area contributed by atoms with Crippen LogP contribution in [0, 0.1) is 0 Å². The average molecular weight is 222 g/mol. The van der Waals surface area contributed by atoms with Crippen LogP contribution < -0.4 is 0 Å². The van der Waals surface area contributed by atoms with Crippen molar-refractivity contribution in [2.75, 3.05) is 0 Å². The first-order chi connectivity index (χ1) is 7.71. The fourth-order valence-corrected chi connectivity index (χ4v) is 2.76. The summed E-state index contributed by atoms with van der Waals surface area (Å²) in [6.07, 6.45) is 10.7. The van der Waals surface area contributed by atoms with Crippen LogP contribution in [0.5, 0.6) is 0 Å². The molecule has 0 aromatic rings. The molecule has 0 amide bonds. The minimum Gasteiger partial charge on any atom is -0.102 e. The van der Waals surface area contributed by atoms with Gasteiger partial charge in [-0.3, -0.25) is 0 Å². The number of rotatable bonds is 9. The number of allylic oxidation sites excluding steroid dienone is 2. The first-order valence-corrected chi connectivity index (χ1v) is 7.39. The van der Waals surface area contributed by atoms with E-state index in [1.54, 1.807) is 11.0 Å².